The molecule has 0 heterocycles. The second-order valence-electron chi connectivity index (χ2n) is 4.22. The van der Waals surface area contributed by atoms with Gasteiger partial charge in [0.15, 0.2) is 0 Å². The van der Waals surface area contributed by atoms with E-state index in [4.69, 9.17) is 16.3 Å². The number of hydrogen-bond acceptors (Lipinski definition) is 2. The Morgan fingerprint density at radius 2 is 1.95 bits per heavy atom. The van der Waals surface area contributed by atoms with Gasteiger partial charge in [-0.15, -0.1) is 23.4 Å². The molecule has 0 aliphatic heterocycles. The smallest absolute Gasteiger partial charge is 0.120 e. The number of halogens is 2. The first-order chi connectivity index (χ1) is 9.67. The van der Waals surface area contributed by atoms with Gasteiger partial charge in [0.25, 0.3) is 0 Å². The summed E-state index contributed by atoms with van der Waals surface area (Å²) < 4.78 is 6.47. The molecular formula is C16H16BrClOS. The molecule has 0 radical (unpaired) electrons. The molecule has 0 fully saturated rings. The Morgan fingerprint density at radius 3 is 2.60 bits per heavy atom. The molecule has 0 aromatic heterocycles. The lowest BCUT2D eigenvalue weighted by atomic mass is 10.0. The maximum absolute atomic E-state index is 6.67. The zero-order chi connectivity index (χ0) is 14.5. The fourth-order valence-electron chi connectivity index (χ4n) is 2.01. The number of rotatable bonds is 5. The van der Waals surface area contributed by atoms with Gasteiger partial charge in [0, 0.05) is 9.37 Å². The van der Waals surface area contributed by atoms with Gasteiger partial charge >= 0.3 is 0 Å². The van der Waals surface area contributed by atoms with Crippen LogP contribution in [0.15, 0.2) is 51.8 Å². The van der Waals surface area contributed by atoms with Crippen molar-refractivity contribution in [3.05, 3.63) is 58.1 Å². The Labute approximate surface area is 137 Å². The lowest BCUT2D eigenvalue weighted by Gasteiger charge is -2.16. The van der Waals surface area contributed by atoms with Gasteiger partial charge in [0.1, 0.15) is 5.75 Å². The molecule has 1 atom stereocenters. The van der Waals surface area contributed by atoms with E-state index in [1.807, 2.05) is 37.3 Å². The molecule has 0 amide bonds. The Balaban J connectivity index is 2.35. The van der Waals surface area contributed by atoms with Crippen LogP contribution in [-0.2, 0) is 0 Å². The summed E-state index contributed by atoms with van der Waals surface area (Å²) in [6, 6.07) is 14.2. The van der Waals surface area contributed by atoms with Crippen LogP contribution in [0.3, 0.4) is 0 Å². The molecule has 2 rings (SSSR count). The fourth-order valence-corrected chi connectivity index (χ4v) is 3.81. The van der Waals surface area contributed by atoms with Crippen LogP contribution >= 0.6 is 39.3 Å². The summed E-state index contributed by atoms with van der Waals surface area (Å²) in [5.41, 5.74) is 2.18. The number of hydrogen-bond donors (Lipinski definition) is 0. The zero-order valence-corrected chi connectivity index (χ0v) is 14.6. The molecule has 2 aromatic rings. The molecule has 4 heteroatoms. The molecule has 20 heavy (non-hydrogen) atoms. The van der Waals surface area contributed by atoms with E-state index >= 15 is 0 Å². The van der Waals surface area contributed by atoms with E-state index in [1.54, 1.807) is 11.8 Å². The van der Waals surface area contributed by atoms with Crippen molar-refractivity contribution in [3.63, 3.8) is 0 Å². The Hall–Kier alpha value is -0.640. The summed E-state index contributed by atoms with van der Waals surface area (Å²) in [5, 5.41) is -0.177. The van der Waals surface area contributed by atoms with Gasteiger partial charge in [0.05, 0.1) is 12.0 Å². The lowest BCUT2D eigenvalue weighted by molar-refractivity contribution is 0.340. The molecule has 0 bridgehead atoms. The second-order valence-corrected chi connectivity index (χ2v) is 6.36. The summed E-state index contributed by atoms with van der Waals surface area (Å²) in [4.78, 5) is 1.20. The second kappa shape index (κ2) is 7.39. The predicted octanol–water partition coefficient (Wildman–Crippen LogP) is 5.90. The third-order valence-corrected chi connectivity index (χ3v) is 4.94. The van der Waals surface area contributed by atoms with Crippen molar-refractivity contribution >= 4 is 39.3 Å². The van der Waals surface area contributed by atoms with Gasteiger partial charge < -0.3 is 4.74 Å². The van der Waals surface area contributed by atoms with Crippen molar-refractivity contribution in [2.24, 2.45) is 0 Å². The molecule has 0 aliphatic carbocycles. The van der Waals surface area contributed by atoms with E-state index in [2.05, 4.69) is 34.3 Å². The van der Waals surface area contributed by atoms with Crippen LogP contribution in [0.2, 0.25) is 0 Å². The fraction of sp³-hybridized carbons (Fsp3) is 0.250. The minimum absolute atomic E-state index is 0.177. The maximum Gasteiger partial charge on any atom is 0.120 e. The molecule has 1 nitrogen and oxygen atoms in total. The molecule has 0 saturated heterocycles. The molecule has 106 valence electrons. The third kappa shape index (κ3) is 3.51. The highest BCUT2D eigenvalue weighted by Gasteiger charge is 2.17. The van der Waals surface area contributed by atoms with Crippen LogP contribution in [0.25, 0.3) is 0 Å². The zero-order valence-electron chi connectivity index (χ0n) is 11.4. The van der Waals surface area contributed by atoms with Crippen LogP contribution in [0, 0.1) is 0 Å². The summed E-state index contributed by atoms with van der Waals surface area (Å²) in [6.45, 7) is 2.63. The van der Waals surface area contributed by atoms with Crippen molar-refractivity contribution < 1.29 is 4.74 Å². The maximum atomic E-state index is 6.67. The number of thioether (sulfide) groups is 1. The summed E-state index contributed by atoms with van der Waals surface area (Å²) in [5.74, 6) is 0.852. The first kappa shape index (κ1) is 15.7. The number of alkyl halides is 1. The predicted molar refractivity (Wildman–Crippen MR) is 91.2 cm³/mol. The van der Waals surface area contributed by atoms with Crippen LogP contribution in [-0.4, -0.2) is 12.9 Å². The standard InChI is InChI=1S/C16H16BrClOS/c1-3-19-11-8-9-12(14(17)10-11)16(18)13-6-4-5-7-15(13)20-2/h4-10,16H,3H2,1-2H3. The van der Waals surface area contributed by atoms with E-state index in [1.165, 1.54) is 4.90 Å². The van der Waals surface area contributed by atoms with Crippen LogP contribution in [0.1, 0.15) is 23.4 Å². The van der Waals surface area contributed by atoms with Crippen LogP contribution in [0.5, 0.6) is 5.75 Å². The molecular weight excluding hydrogens is 356 g/mol. The van der Waals surface area contributed by atoms with Gasteiger partial charge in [-0.1, -0.05) is 40.2 Å². The molecule has 1 unspecified atom stereocenters. The van der Waals surface area contributed by atoms with E-state index in [9.17, 15) is 0 Å². The van der Waals surface area contributed by atoms with Crippen LogP contribution in [0.4, 0.5) is 0 Å². The van der Waals surface area contributed by atoms with Gasteiger partial charge in [0.2, 0.25) is 0 Å². The molecule has 0 aliphatic rings. The van der Waals surface area contributed by atoms with E-state index in [0.717, 1.165) is 21.3 Å². The topological polar surface area (TPSA) is 9.23 Å². The molecule has 0 spiro atoms. The van der Waals surface area contributed by atoms with Gasteiger partial charge in [-0.25, -0.2) is 0 Å². The third-order valence-electron chi connectivity index (χ3n) is 2.97. The number of benzene rings is 2. The Kier molecular flexibility index (Phi) is 5.82. The monoisotopic (exact) mass is 370 g/mol. The van der Waals surface area contributed by atoms with Crippen molar-refractivity contribution in [2.45, 2.75) is 17.2 Å². The average Bonchev–Trinajstić information content (AvgIpc) is 2.47. The Bertz CT molecular complexity index is 588. The highest BCUT2D eigenvalue weighted by atomic mass is 79.9. The van der Waals surface area contributed by atoms with Gasteiger partial charge in [-0.3, -0.25) is 0 Å². The molecule has 2 aromatic carbocycles. The highest BCUT2D eigenvalue weighted by molar-refractivity contribution is 9.10. The van der Waals surface area contributed by atoms with Gasteiger partial charge in [-0.2, -0.15) is 0 Å². The van der Waals surface area contributed by atoms with E-state index in [-0.39, 0.29) is 5.38 Å². The van der Waals surface area contributed by atoms with E-state index < -0.39 is 0 Å². The first-order valence-electron chi connectivity index (χ1n) is 6.36. The molecule has 0 saturated carbocycles. The minimum atomic E-state index is -0.177. The quantitative estimate of drug-likeness (QED) is 0.478. The van der Waals surface area contributed by atoms with Crippen molar-refractivity contribution in [1.82, 2.24) is 0 Å². The van der Waals surface area contributed by atoms with E-state index in [0.29, 0.717) is 6.61 Å². The minimum Gasteiger partial charge on any atom is -0.494 e. The first-order valence-corrected chi connectivity index (χ1v) is 8.82. The van der Waals surface area contributed by atoms with Crippen molar-refractivity contribution in [2.75, 3.05) is 12.9 Å². The largest absolute Gasteiger partial charge is 0.494 e. The summed E-state index contributed by atoms with van der Waals surface area (Å²) >= 11 is 12.0. The normalized spacial score (nSPS) is 12.2. The molecule has 0 N–H and O–H groups in total. The Morgan fingerprint density at radius 1 is 1.20 bits per heavy atom. The highest BCUT2D eigenvalue weighted by Crippen LogP contribution is 2.39. The van der Waals surface area contributed by atoms with Crippen molar-refractivity contribution in [3.8, 4) is 5.75 Å². The van der Waals surface area contributed by atoms with Crippen molar-refractivity contribution in [1.29, 1.82) is 0 Å². The van der Waals surface area contributed by atoms with Gasteiger partial charge in [-0.05, 0) is 42.5 Å². The summed E-state index contributed by atoms with van der Waals surface area (Å²) in [7, 11) is 0. The summed E-state index contributed by atoms with van der Waals surface area (Å²) in [6.07, 6.45) is 2.07. The van der Waals surface area contributed by atoms with Crippen LogP contribution < -0.4 is 4.74 Å². The average molecular weight is 372 g/mol. The lowest BCUT2D eigenvalue weighted by Crippen LogP contribution is -1.98. The SMILES string of the molecule is CCOc1ccc(C(Cl)c2ccccc2SC)c(Br)c1. The number of ether oxygens (including phenoxy) is 1.